The highest BCUT2D eigenvalue weighted by molar-refractivity contribution is 6.83. The molecule has 1 aromatic rings. The van der Waals surface area contributed by atoms with Gasteiger partial charge in [-0.3, -0.25) is 0 Å². The predicted octanol–water partition coefficient (Wildman–Crippen LogP) is 2.72. The van der Waals surface area contributed by atoms with E-state index in [4.69, 9.17) is 0 Å². The van der Waals surface area contributed by atoms with E-state index in [1.165, 1.54) is 0 Å². The van der Waals surface area contributed by atoms with Crippen LogP contribution in [0.15, 0.2) is 24.3 Å². The minimum absolute atomic E-state index is 1.000. The molecule has 0 aliphatic rings. The summed E-state index contributed by atoms with van der Waals surface area (Å²) in [6.07, 6.45) is 0. The fourth-order valence-corrected chi connectivity index (χ4v) is 1.24. The van der Waals surface area contributed by atoms with Crippen molar-refractivity contribution in [1.29, 1.82) is 0 Å². The van der Waals surface area contributed by atoms with E-state index in [9.17, 15) is 0 Å². The number of rotatable bonds is 0. The van der Waals surface area contributed by atoms with Crippen molar-refractivity contribution in [2.45, 2.75) is 19.6 Å². The Morgan fingerprint density at radius 1 is 1.25 bits per heavy atom. The van der Waals surface area contributed by atoms with Gasteiger partial charge >= 0.3 is 0 Å². The smallest absolute Gasteiger partial charge is 0.127 e. The van der Waals surface area contributed by atoms with Gasteiger partial charge in [0.1, 0.15) is 8.07 Å². The van der Waals surface area contributed by atoms with Crippen LogP contribution in [-0.2, 0) is 0 Å². The Kier molecular flexibility index (Phi) is 2.72. The summed E-state index contributed by atoms with van der Waals surface area (Å²) >= 11 is 0. The van der Waals surface area contributed by atoms with Crippen LogP contribution in [0.2, 0.25) is 19.6 Å². The van der Waals surface area contributed by atoms with E-state index < -0.39 is 8.07 Å². The van der Waals surface area contributed by atoms with Crippen molar-refractivity contribution < 1.29 is 0 Å². The standard InChI is InChI=1S/C11H13Si/c1-12(2,3)10-9-11-7-5-4-6-8-11/h4-7H,1-3H3. The second kappa shape index (κ2) is 3.60. The quantitative estimate of drug-likeness (QED) is 0.418. The fraction of sp³-hybridized carbons (Fsp3) is 0.273. The van der Waals surface area contributed by atoms with Crippen molar-refractivity contribution in [3.63, 3.8) is 0 Å². The molecule has 0 fully saturated rings. The lowest BCUT2D eigenvalue weighted by atomic mass is 10.2. The van der Waals surface area contributed by atoms with Crippen LogP contribution in [0.1, 0.15) is 5.56 Å². The largest absolute Gasteiger partial charge is 0.129 e. The molecule has 0 atom stereocenters. The highest BCUT2D eigenvalue weighted by atomic mass is 28.3. The van der Waals surface area contributed by atoms with E-state index in [0.717, 1.165) is 5.56 Å². The molecule has 0 nitrogen and oxygen atoms in total. The Balaban J connectivity index is 2.81. The van der Waals surface area contributed by atoms with Crippen molar-refractivity contribution in [1.82, 2.24) is 0 Å². The summed E-state index contributed by atoms with van der Waals surface area (Å²) in [6.45, 7) is 6.72. The summed E-state index contributed by atoms with van der Waals surface area (Å²) in [5, 5.41) is 0. The topological polar surface area (TPSA) is 0 Å². The second-order valence-corrected chi connectivity index (χ2v) is 8.53. The molecule has 0 N–H and O–H groups in total. The Hall–Kier alpha value is -1.00. The third kappa shape index (κ3) is 3.41. The molecule has 0 aliphatic heterocycles. The first-order valence-corrected chi connectivity index (χ1v) is 7.58. The van der Waals surface area contributed by atoms with Crippen molar-refractivity contribution in [3.8, 4) is 11.5 Å². The molecular weight excluding hydrogens is 160 g/mol. The van der Waals surface area contributed by atoms with E-state index in [-0.39, 0.29) is 0 Å². The van der Waals surface area contributed by atoms with E-state index in [0.29, 0.717) is 0 Å². The molecule has 1 rings (SSSR count). The molecule has 1 heteroatoms. The van der Waals surface area contributed by atoms with Gasteiger partial charge in [0.15, 0.2) is 0 Å². The van der Waals surface area contributed by atoms with Gasteiger partial charge in [-0.05, 0) is 12.1 Å². The van der Waals surface area contributed by atoms with Gasteiger partial charge in [-0.15, -0.1) is 5.54 Å². The minimum atomic E-state index is -1.22. The molecule has 61 valence electrons. The summed E-state index contributed by atoms with van der Waals surface area (Å²) in [4.78, 5) is 0. The number of hydrogen-bond acceptors (Lipinski definition) is 0. The van der Waals surface area contributed by atoms with Gasteiger partial charge in [0, 0.05) is 5.56 Å². The van der Waals surface area contributed by atoms with Crippen LogP contribution in [0.4, 0.5) is 0 Å². The lowest BCUT2D eigenvalue weighted by Crippen LogP contribution is -2.16. The molecule has 0 aliphatic carbocycles. The van der Waals surface area contributed by atoms with Crippen LogP contribution in [0.5, 0.6) is 0 Å². The van der Waals surface area contributed by atoms with Crippen LogP contribution in [0.25, 0.3) is 0 Å². The van der Waals surface area contributed by atoms with Crippen molar-refractivity contribution in [2.24, 2.45) is 0 Å². The monoisotopic (exact) mass is 173 g/mol. The Labute approximate surface area is 75.6 Å². The lowest BCUT2D eigenvalue weighted by molar-refractivity contribution is 1.63. The highest BCUT2D eigenvalue weighted by Crippen LogP contribution is 1.99. The van der Waals surface area contributed by atoms with E-state index in [1.54, 1.807) is 0 Å². The molecule has 0 spiro atoms. The molecule has 0 amide bonds. The van der Waals surface area contributed by atoms with Gasteiger partial charge in [0.05, 0.1) is 0 Å². The maximum Gasteiger partial charge on any atom is 0.129 e. The van der Waals surface area contributed by atoms with Crippen LogP contribution in [0.3, 0.4) is 0 Å². The Morgan fingerprint density at radius 3 is 2.50 bits per heavy atom. The van der Waals surface area contributed by atoms with Gasteiger partial charge in [0.2, 0.25) is 0 Å². The zero-order chi connectivity index (χ0) is 9.03. The molecule has 1 aromatic carbocycles. The SMILES string of the molecule is C[Si](C)(C)C#Cc1[c]cccc1. The van der Waals surface area contributed by atoms with Crippen LogP contribution < -0.4 is 0 Å². The van der Waals surface area contributed by atoms with Gasteiger partial charge in [-0.2, -0.15) is 0 Å². The first-order valence-electron chi connectivity index (χ1n) is 4.08. The first-order chi connectivity index (χ1) is 5.58. The zero-order valence-electron chi connectivity index (χ0n) is 7.81. The second-order valence-electron chi connectivity index (χ2n) is 3.78. The van der Waals surface area contributed by atoms with Crippen LogP contribution in [0, 0.1) is 17.5 Å². The highest BCUT2D eigenvalue weighted by Gasteiger charge is 2.07. The van der Waals surface area contributed by atoms with E-state index in [2.05, 4.69) is 37.2 Å². The van der Waals surface area contributed by atoms with Crippen molar-refractivity contribution in [3.05, 3.63) is 35.9 Å². The number of hydrogen-bond donors (Lipinski definition) is 0. The fourth-order valence-electron chi connectivity index (χ4n) is 0.726. The van der Waals surface area contributed by atoms with Crippen LogP contribution >= 0.6 is 0 Å². The predicted molar refractivity (Wildman–Crippen MR) is 55.5 cm³/mol. The zero-order valence-corrected chi connectivity index (χ0v) is 8.81. The molecule has 0 bridgehead atoms. The minimum Gasteiger partial charge on any atom is -0.127 e. The summed E-state index contributed by atoms with van der Waals surface area (Å²) < 4.78 is 0. The van der Waals surface area contributed by atoms with Crippen LogP contribution in [-0.4, -0.2) is 8.07 Å². The molecule has 0 saturated carbocycles. The molecule has 0 unspecified atom stereocenters. The molecule has 12 heavy (non-hydrogen) atoms. The van der Waals surface area contributed by atoms with Gasteiger partial charge in [0.25, 0.3) is 0 Å². The number of benzene rings is 1. The average Bonchev–Trinajstić information content (AvgIpc) is 2.02. The maximum absolute atomic E-state index is 3.30. The molecule has 0 saturated heterocycles. The lowest BCUT2D eigenvalue weighted by Gasteiger charge is -2.02. The Bertz CT molecular complexity index is 295. The van der Waals surface area contributed by atoms with E-state index >= 15 is 0 Å². The van der Waals surface area contributed by atoms with Gasteiger partial charge in [-0.25, -0.2) is 0 Å². The summed E-state index contributed by atoms with van der Waals surface area (Å²) in [7, 11) is -1.22. The van der Waals surface area contributed by atoms with Gasteiger partial charge in [-0.1, -0.05) is 43.8 Å². The third-order valence-electron chi connectivity index (χ3n) is 1.28. The average molecular weight is 173 g/mol. The third-order valence-corrected chi connectivity index (χ3v) is 2.16. The summed E-state index contributed by atoms with van der Waals surface area (Å²) in [6, 6.07) is 10.9. The molecule has 0 heterocycles. The first kappa shape index (κ1) is 9.09. The normalized spacial score (nSPS) is 10.2. The molecule has 0 aromatic heterocycles. The molecule has 1 radical (unpaired) electrons. The molecular formula is C11H13Si. The Morgan fingerprint density at radius 2 is 2.00 bits per heavy atom. The van der Waals surface area contributed by atoms with Crippen molar-refractivity contribution in [2.75, 3.05) is 0 Å². The van der Waals surface area contributed by atoms with Gasteiger partial charge < -0.3 is 0 Å². The summed E-state index contributed by atoms with van der Waals surface area (Å²) in [5.74, 6) is 3.14. The maximum atomic E-state index is 3.30. The van der Waals surface area contributed by atoms with E-state index in [1.807, 2.05) is 24.3 Å². The van der Waals surface area contributed by atoms with Crippen molar-refractivity contribution >= 4 is 8.07 Å². The summed E-state index contributed by atoms with van der Waals surface area (Å²) in [5.41, 5.74) is 4.30.